The molecule has 0 aromatic rings. The maximum absolute atomic E-state index is 11.3. The third-order valence-corrected chi connectivity index (χ3v) is 2.91. The van der Waals surface area contributed by atoms with Crippen LogP contribution in [0.25, 0.3) is 0 Å². The molecule has 0 aromatic heterocycles. The number of esters is 1. The predicted octanol–water partition coefficient (Wildman–Crippen LogP) is 1.94. The maximum Gasteiger partial charge on any atom is 0.323 e. The molecule has 1 saturated heterocycles. The number of carbonyl (C=O) groups is 1. The van der Waals surface area contributed by atoms with Gasteiger partial charge in [-0.2, -0.15) is 0 Å². The van der Waals surface area contributed by atoms with E-state index < -0.39 is 0 Å². The summed E-state index contributed by atoms with van der Waals surface area (Å²) in [4.78, 5) is 13.3. The normalized spacial score (nSPS) is 23.9. The summed E-state index contributed by atoms with van der Waals surface area (Å²) in [6.45, 7) is 1.38. The number of hydrogen-bond donors (Lipinski definition) is 0. The van der Waals surface area contributed by atoms with E-state index in [1.165, 1.54) is 12.6 Å². The van der Waals surface area contributed by atoms with Crippen LogP contribution in [-0.4, -0.2) is 37.1 Å². The van der Waals surface area contributed by atoms with Gasteiger partial charge in [-0.1, -0.05) is 23.2 Å². The number of hydrogen-bond acceptors (Lipinski definition) is 3. The first-order valence-electron chi connectivity index (χ1n) is 4.45. The highest BCUT2D eigenvalue weighted by Crippen LogP contribution is 2.20. The average molecular weight is 238 g/mol. The van der Waals surface area contributed by atoms with Gasteiger partial charge in [0.2, 0.25) is 0 Å². The Morgan fingerprint density at radius 2 is 2.43 bits per heavy atom. The minimum atomic E-state index is -0.193. The Balaban J connectivity index is 2.55. The highest BCUT2D eigenvalue weighted by Gasteiger charge is 2.31. The lowest BCUT2D eigenvalue weighted by Crippen LogP contribution is -2.37. The molecule has 80 valence electrons. The number of ether oxygens (including phenoxy) is 1. The van der Waals surface area contributed by atoms with Crippen LogP contribution in [0.2, 0.25) is 0 Å². The van der Waals surface area contributed by atoms with Crippen LogP contribution >= 0.6 is 23.2 Å². The minimum absolute atomic E-state index is 0.162. The minimum Gasteiger partial charge on any atom is -0.468 e. The van der Waals surface area contributed by atoms with E-state index in [0.717, 1.165) is 19.4 Å². The quantitative estimate of drug-likeness (QED) is 0.704. The van der Waals surface area contributed by atoms with Crippen LogP contribution in [0.15, 0.2) is 10.6 Å². The summed E-state index contributed by atoms with van der Waals surface area (Å²) in [5.74, 6) is -0.193. The molecule has 1 aliphatic heterocycles. The smallest absolute Gasteiger partial charge is 0.323 e. The standard InChI is InChI=1S/C9H13Cl2NO2/c1-14-9(13)8-3-2-4-12(8)6-7(11)5-10/h5,8H,2-4,6H2,1H3. The molecular weight excluding hydrogens is 225 g/mol. The van der Waals surface area contributed by atoms with Crippen LogP contribution in [0.4, 0.5) is 0 Å². The van der Waals surface area contributed by atoms with E-state index in [2.05, 4.69) is 0 Å². The fourth-order valence-electron chi connectivity index (χ4n) is 1.65. The number of methoxy groups -OCH3 is 1. The van der Waals surface area contributed by atoms with E-state index in [9.17, 15) is 4.79 Å². The number of likely N-dealkylation sites (tertiary alicyclic amines) is 1. The lowest BCUT2D eigenvalue weighted by molar-refractivity contribution is -0.145. The molecule has 1 heterocycles. The molecule has 1 fully saturated rings. The summed E-state index contributed by atoms with van der Waals surface area (Å²) in [5.41, 5.74) is 1.33. The fraction of sp³-hybridized carbons (Fsp3) is 0.667. The summed E-state index contributed by atoms with van der Waals surface area (Å²) in [7, 11) is 1.40. The first kappa shape index (κ1) is 11.8. The van der Waals surface area contributed by atoms with E-state index in [4.69, 9.17) is 27.9 Å². The summed E-state index contributed by atoms with van der Waals surface area (Å²) in [6.07, 6.45) is 1.82. The van der Waals surface area contributed by atoms with Gasteiger partial charge in [-0.25, -0.2) is 0 Å². The summed E-state index contributed by atoms with van der Waals surface area (Å²) >= 11 is 11.2. The van der Waals surface area contributed by atoms with Crippen LogP contribution in [0.5, 0.6) is 0 Å². The van der Waals surface area contributed by atoms with Gasteiger partial charge in [0.15, 0.2) is 0 Å². The van der Waals surface area contributed by atoms with Crippen molar-refractivity contribution in [2.45, 2.75) is 18.9 Å². The van der Waals surface area contributed by atoms with Gasteiger partial charge >= 0.3 is 5.97 Å². The van der Waals surface area contributed by atoms with Crippen molar-refractivity contribution in [3.63, 3.8) is 0 Å². The van der Waals surface area contributed by atoms with Crippen LogP contribution in [0.3, 0.4) is 0 Å². The molecule has 14 heavy (non-hydrogen) atoms. The monoisotopic (exact) mass is 237 g/mol. The molecule has 0 saturated carbocycles. The Labute approximate surface area is 93.6 Å². The van der Waals surface area contributed by atoms with E-state index in [-0.39, 0.29) is 12.0 Å². The molecule has 0 aliphatic carbocycles. The Hall–Kier alpha value is -0.250. The SMILES string of the molecule is COC(=O)C1CCCN1CC(Cl)=CCl. The summed E-state index contributed by atoms with van der Waals surface area (Å²) < 4.78 is 4.70. The van der Waals surface area contributed by atoms with Crippen LogP contribution in [0.1, 0.15) is 12.8 Å². The molecular formula is C9H13Cl2NO2. The first-order valence-corrected chi connectivity index (χ1v) is 5.27. The molecule has 0 spiro atoms. The van der Waals surface area contributed by atoms with Gasteiger partial charge < -0.3 is 4.74 Å². The molecule has 1 atom stereocenters. The largest absolute Gasteiger partial charge is 0.468 e. The molecule has 5 heteroatoms. The van der Waals surface area contributed by atoms with Gasteiger partial charge in [0, 0.05) is 17.1 Å². The molecule has 0 N–H and O–H groups in total. The summed E-state index contributed by atoms with van der Waals surface area (Å²) in [5, 5.41) is 0.544. The third-order valence-electron chi connectivity index (χ3n) is 2.31. The van der Waals surface area contributed by atoms with E-state index in [0.29, 0.717) is 11.6 Å². The maximum atomic E-state index is 11.3. The molecule has 0 radical (unpaired) electrons. The van der Waals surface area contributed by atoms with Gasteiger partial charge in [0.25, 0.3) is 0 Å². The van der Waals surface area contributed by atoms with Crippen molar-refractivity contribution in [1.29, 1.82) is 0 Å². The number of carbonyl (C=O) groups excluding carboxylic acids is 1. The van der Waals surface area contributed by atoms with Crippen molar-refractivity contribution in [3.8, 4) is 0 Å². The van der Waals surface area contributed by atoms with Crippen molar-refractivity contribution in [2.75, 3.05) is 20.2 Å². The Kier molecular flexibility index (Phi) is 4.72. The number of nitrogens with zero attached hydrogens (tertiary/aromatic N) is 1. The number of rotatable bonds is 3. The molecule has 0 amide bonds. The molecule has 1 unspecified atom stereocenters. The zero-order chi connectivity index (χ0) is 10.6. The van der Waals surface area contributed by atoms with Crippen LogP contribution in [0, 0.1) is 0 Å². The molecule has 0 aromatic carbocycles. The highest BCUT2D eigenvalue weighted by molar-refractivity contribution is 6.36. The van der Waals surface area contributed by atoms with Gasteiger partial charge in [-0.15, -0.1) is 0 Å². The third kappa shape index (κ3) is 2.87. The number of halogens is 2. The lowest BCUT2D eigenvalue weighted by Gasteiger charge is -2.21. The van der Waals surface area contributed by atoms with Crippen LogP contribution < -0.4 is 0 Å². The molecule has 0 bridgehead atoms. The lowest BCUT2D eigenvalue weighted by atomic mass is 10.2. The van der Waals surface area contributed by atoms with Gasteiger partial charge in [0.1, 0.15) is 6.04 Å². The Bertz CT molecular complexity index is 243. The van der Waals surface area contributed by atoms with Gasteiger partial charge in [-0.05, 0) is 19.4 Å². The van der Waals surface area contributed by atoms with Crippen molar-refractivity contribution >= 4 is 29.2 Å². The van der Waals surface area contributed by atoms with E-state index in [1.807, 2.05) is 4.90 Å². The van der Waals surface area contributed by atoms with Gasteiger partial charge in [-0.3, -0.25) is 9.69 Å². The fourth-order valence-corrected chi connectivity index (χ4v) is 1.87. The Morgan fingerprint density at radius 3 is 3.00 bits per heavy atom. The molecule has 3 nitrogen and oxygen atoms in total. The molecule has 1 aliphatic rings. The van der Waals surface area contributed by atoms with E-state index in [1.54, 1.807) is 0 Å². The predicted molar refractivity (Wildman–Crippen MR) is 56.4 cm³/mol. The Morgan fingerprint density at radius 1 is 1.71 bits per heavy atom. The van der Waals surface area contributed by atoms with Crippen molar-refractivity contribution in [2.24, 2.45) is 0 Å². The van der Waals surface area contributed by atoms with E-state index >= 15 is 0 Å². The van der Waals surface area contributed by atoms with Crippen LogP contribution in [-0.2, 0) is 9.53 Å². The second-order valence-corrected chi connectivity index (χ2v) is 3.91. The molecule has 1 rings (SSSR count). The van der Waals surface area contributed by atoms with Crippen molar-refractivity contribution < 1.29 is 9.53 Å². The average Bonchev–Trinajstić information content (AvgIpc) is 2.64. The van der Waals surface area contributed by atoms with Gasteiger partial charge in [0.05, 0.1) is 7.11 Å². The second kappa shape index (κ2) is 5.59. The zero-order valence-electron chi connectivity index (χ0n) is 8.00. The topological polar surface area (TPSA) is 29.5 Å². The second-order valence-electron chi connectivity index (χ2n) is 3.21. The van der Waals surface area contributed by atoms with Crippen molar-refractivity contribution in [3.05, 3.63) is 10.6 Å². The zero-order valence-corrected chi connectivity index (χ0v) is 9.51. The first-order chi connectivity index (χ1) is 6.69. The van der Waals surface area contributed by atoms with Crippen molar-refractivity contribution in [1.82, 2.24) is 4.90 Å². The highest BCUT2D eigenvalue weighted by atomic mass is 35.5. The summed E-state index contributed by atoms with van der Waals surface area (Å²) in [6, 6.07) is -0.162.